The van der Waals surface area contributed by atoms with E-state index in [4.69, 9.17) is 10.5 Å². The van der Waals surface area contributed by atoms with E-state index in [9.17, 15) is 5.11 Å². The molecule has 0 amide bonds. The lowest BCUT2D eigenvalue weighted by atomic mass is 9.98. The molecule has 0 saturated carbocycles. The van der Waals surface area contributed by atoms with Crippen LogP contribution in [0.25, 0.3) is 0 Å². The molecule has 0 atom stereocenters. The van der Waals surface area contributed by atoms with Crippen LogP contribution in [0.5, 0.6) is 11.5 Å². The first-order valence-electron chi connectivity index (χ1n) is 5.20. The van der Waals surface area contributed by atoms with Crippen LogP contribution in [0.3, 0.4) is 0 Å². The van der Waals surface area contributed by atoms with E-state index in [0.29, 0.717) is 18.2 Å². The van der Waals surface area contributed by atoms with E-state index in [2.05, 4.69) is 19.9 Å². The summed E-state index contributed by atoms with van der Waals surface area (Å²) in [5.74, 6) is 1.13. The number of rotatable bonds is 4. The van der Waals surface area contributed by atoms with Gasteiger partial charge in [-0.15, -0.1) is 0 Å². The number of nitrogens with two attached hydrogens (primary N) is 1. The number of ether oxygens (including phenoxy) is 1. The molecule has 0 aromatic heterocycles. The maximum absolute atomic E-state index is 9.78. The zero-order valence-electron chi connectivity index (χ0n) is 9.58. The van der Waals surface area contributed by atoms with Gasteiger partial charge in [-0.05, 0) is 36.1 Å². The predicted molar refractivity (Wildman–Crippen MR) is 61.5 cm³/mol. The first-order chi connectivity index (χ1) is 7.10. The number of phenolic OH excluding ortho intramolecular Hbond substituents is 1. The van der Waals surface area contributed by atoms with Gasteiger partial charge in [-0.1, -0.05) is 19.9 Å². The number of hydrogen-bond donors (Lipinski definition) is 2. The lowest BCUT2D eigenvalue weighted by Gasteiger charge is -2.14. The van der Waals surface area contributed by atoms with Gasteiger partial charge in [-0.3, -0.25) is 0 Å². The van der Waals surface area contributed by atoms with Crippen LogP contribution < -0.4 is 10.5 Å². The first kappa shape index (κ1) is 11.9. The summed E-state index contributed by atoms with van der Waals surface area (Å²) >= 11 is 0. The molecule has 0 radical (unpaired) electrons. The fraction of sp³-hybridized carbons (Fsp3) is 0.500. The molecule has 0 aliphatic heterocycles. The fourth-order valence-corrected chi connectivity index (χ4v) is 1.61. The standard InChI is InChI=1S/C12H19NO2/c1-8(2)10-6-9(4-5-13)12(15-3)11(14)7-10/h6-8,14H,4-5,13H2,1-3H3. The topological polar surface area (TPSA) is 55.5 Å². The van der Waals surface area contributed by atoms with E-state index in [-0.39, 0.29) is 5.75 Å². The van der Waals surface area contributed by atoms with Crippen molar-refractivity contribution < 1.29 is 9.84 Å². The van der Waals surface area contributed by atoms with Crippen molar-refractivity contribution in [2.45, 2.75) is 26.2 Å². The van der Waals surface area contributed by atoms with Gasteiger partial charge in [-0.2, -0.15) is 0 Å². The lowest BCUT2D eigenvalue weighted by molar-refractivity contribution is 0.368. The van der Waals surface area contributed by atoms with Gasteiger partial charge in [-0.25, -0.2) is 0 Å². The molecule has 0 aliphatic carbocycles. The summed E-state index contributed by atoms with van der Waals surface area (Å²) in [7, 11) is 1.56. The number of phenols is 1. The Labute approximate surface area is 90.9 Å². The summed E-state index contributed by atoms with van der Waals surface area (Å²) < 4.78 is 5.16. The van der Waals surface area contributed by atoms with Gasteiger partial charge in [0.05, 0.1) is 7.11 Å². The van der Waals surface area contributed by atoms with Crippen molar-refractivity contribution in [3.63, 3.8) is 0 Å². The Balaban J connectivity index is 3.19. The maximum atomic E-state index is 9.78. The number of benzene rings is 1. The molecule has 3 heteroatoms. The molecule has 0 aliphatic rings. The number of aromatic hydroxyl groups is 1. The summed E-state index contributed by atoms with van der Waals surface area (Å²) in [4.78, 5) is 0. The molecular formula is C12H19NO2. The number of hydrogen-bond acceptors (Lipinski definition) is 3. The van der Waals surface area contributed by atoms with E-state index >= 15 is 0 Å². The Bertz CT molecular complexity index is 335. The third kappa shape index (κ3) is 2.63. The minimum Gasteiger partial charge on any atom is -0.504 e. The van der Waals surface area contributed by atoms with E-state index in [0.717, 1.165) is 17.5 Å². The van der Waals surface area contributed by atoms with Gasteiger partial charge in [0.15, 0.2) is 11.5 Å². The molecule has 15 heavy (non-hydrogen) atoms. The predicted octanol–water partition coefficient (Wildman–Crippen LogP) is 2.03. The highest BCUT2D eigenvalue weighted by Crippen LogP contribution is 2.34. The highest BCUT2D eigenvalue weighted by Gasteiger charge is 2.11. The largest absolute Gasteiger partial charge is 0.504 e. The van der Waals surface area contributed by atoms with Crippen LogP contribution in [0.2, 0.25) is 0 Å². The van der Waals surface area contributed by atoms with Gasteiger partial charge in [0.2, 0.25) is 0 Å². The molecule has 3 N–H and O–H groups in total. The molecular weight excluding hydrogens is 190 g/mol. The van der Waals surface area contributed by atoms with E-state index in [1.807, 2.05) is 0 Å². The van der Waals surface area contributed by atoms with Crippen molar-refractivity contribution in [3.05, 3.63) is 23.3 Å². The Morgan fingerprint density at radius 2 is 2.07 bits per heavy atom. The summed E-state index contributed by atoms with van der Waals surface area (Å²) in [5.41, 5.74) is 7.61. The fourth-order valence-electron chi connectivity index (χ4n) is 1.61. The molecule has 0 fully saturated rings. The van der Waals surface area contributed by atoms with Gasteiger partial charge >= 0.3 is 0 Å². The molecule has 0 unspecified atom stereocenters. The zero-order chi connectivity index (χ0) is 11.4. The summed E-state index contributed by atoms with van der Waals surface area (Å²) in [6, 6.07) is 3.81. The maximum Gasteiger partial charge on any atom is 0.163 e. The van der Waals surface area contributed by atoms with Crippen molar-refractivity contribution in [3.8, 4) is 11.5 Å². The third-order valence-corrected chi connectivity index (χ3v) is 2.45. The van der Waals surface area contributed by atoms with Crippen LogP contribution in [-0.4, -0.2) is 18.8 Å². The van der Waals surface area contributed by atoms with Gasteiger partial charge < -0.3 is 15.6 Å². The van der Waals surface area contributed by atoms with Crippen LogP contribution in [-0.2, 0) is 6.42 Å². The molecule has 3 nitrogen and oxygen atoms in total. The smallest absolute Gasteiger partial charge is 0.163 e. The van der Waals surface area contributed by atoms with Crippen molar-refractivity contribution in [1.29, 1.82) is 0 Å². The second-order valence-electron chi connectivity index (χ2n) is 3.93. The molecule has 0 heterocycles. The third-order valence-electron chi connectivity index (χ3n) is 2.45. The number of methoxy groups -OCH3 is 1. The van der Waals surface area contributed by atoms with Crippen molar-refractivity contribution in [2.75, 3.05) is 13.7 Å². The SMILES string of the molecule is COc1c(O)cc(C(C)C)cc1CCN. The Kier molecular flexibility index (Phi) is 3.97. The summed E-state index contributed by atoms with van der Waals surface area (Å²) in [6.45, 7) is 4.73. The molecule has 1 aromatic carbocycles. The Morgan fingerprint density at radius 1 is 1.40 bits per heavy atom. The van der Waals surface area contributed by atoms with Crippen LogP contribution in [0, 0.1) is 0 Å². The molecule has 0 saturated heterocycles. The minimum atomic E-state index is 0.201. The molecule has 1 aromatic rings. The van der Waals surface area contributed by atoms with Crippen LogP contribution in [0.15, 0.2) is 12.1 Å². The van der Waals surface area contributed by atoms with Gasteiger partial charge in [0.1, 0.15) is 0 Å². The monoisotopic (exact) mass is 209 g/mol. The highest BCUT2D eigenvalue weighted by molar-refractivity contribution is 5.49. The second-order valence-corrected chi connectivity index (χ2v) is 3.93. The zero-order valence-corrected chi connectivity index (χ0v) is 9.58. The van der Waals surface area contributed by atoms with Crippen molar-refractivity contribution >= 4 is 0 Å². The van der Waals surface area contributed by atoms with Crippen LogP contribution in [0.1, 0.15) is 30.9 Å². The van der Waals surface area contributed by atoms with E-state index in [1.54, 1.807) is 13.2 Å². The molecule has 1 rings (SSSR count). The van der Waals surface area contributed by atoms with Crippen molar-refractivity contribution in [2.24, 2.45) is 5.73 Å². The molecule has 0 spiro atoms. The normalized spacial score (nSPS) is 10.7. The Hall–Kier alpha value is -1.22. The molecule has 84 valence electrons. The van der Waals surface area contributed by atoms with E-state index in [1.165, 1.54) is 0 Å². The van der Waals surface area contributed by atoms with Gasteiger partial charge in [0.25, 0.3) is 0 Å². The lowest BCUT2D eigenvalue weighted by Crippen LogP contribution is -2.05. The minimum absolute atomic E-state index is 0.201. The molecule has 0 bridgehead atoms. The average molecular weight is 209 g/mol. The first-order valence-corrected chi connectivity index (χ1v) is 5.20. The van der Waals surface area contributed by atoms with Crippen molar-refractivity contribution in [1.82, 2.24) is 0 Å². The van der Waals surface area contributed by atoms with Crippen LogP contribution >= 0.6 is 0 Å². The average Bonchev–Trinajstić information content (AvgIpc) is 2.17. The highest BCUT2D eigenvalue weighted by atomic mass is 16.5. The van der Waals surface area contributed by atoms with E-state index < -0.39 is 0 Å². The quantitative estimate of drug-likeness (QED) is 0.797. The summed E-state index contributed by atoms with van der Waals surface area (Å²) in [6.07, 6.45) is 0.720. The second kappa shape index (κ2) is 5.03. The van der Waals surface area contributed by atoms with Gasteiger partial charge in [0, 0.05) is 0 Å². The Morgan fingerprint density at radius 3 is 2.53 bits per heavy atom. The summed E-state index contributed by atoms with van der Waals surface area (Å²) in [5, 5.41) is 9.78. The van der Waals surface area contributed by atoms with Crippen LogP contribution in [0.4, 0.5) is 0 Å².